The third-order valence-corrected chi connectivity index (χ3v) is 6.67. The smallest absolute Gasteiger partial charge is 0.298 e. The first kappa shape index (κ1) is 25.3. The molecule has 1 heterocycles. The Bertz CT molecular complexity index is 1460. The van der Waals surface area contributed by atoms with Crippen LogP contribution in [0.1, 0.15) is 34.1 Å². The fraction of sp³-hybridized carbons (Fsp3) is 0.129. The number of aromatic nitrogens is 2. The summed E-state index contributed by atoms with van der Waals surface area (Å²) in [5, 5.41) is 3.63. The quantitative estimate of drug-likeness (QED) is 0.221. The molecule has 0 saturated heterocycles. The fourth-order valence-corrected chi connectivity index (χ4v) is 4.70. The fourth-order valence-electron chi connectivity index (χ4n) is 4.13. The minimum absolute atomic E-state index is 0.0435. The third-order valence-electron chi connectivity index (χ3n) is 6.04. The van der Waals surface area contributed by atoms with Gasteiger partial charge in [0.15, 0.2) is 5.82 Å². The summed E-state index contributed by atoms with van der Waals surface area (Å²) in [7, 11) is 0. The van der Waals surface area contributed by atoms with E-state index in [9.17, 15) is 9.18 Å². The van der Waals surface area contributed by atoms with Gasteiger partial charge in [-0.1, -0.05) is 84.9 Å². The summed E-state index contributed by atoms with van der Waals surface area (Å²) < 4.78 is 23.3. The van der Waals surface area contributed by atoms with Gasteiger partial charge in [-0.15, -0.1) is 0 Å². The lowest BCUT2D eigenvalue weighted by Crippen LogP contribution is -2.31. The van der Waals surface area contributed by atoms with Gasteiger partial charge in [-0.2, -0.15) is 9.36 Å². The molecule has 0 spiro atoms. The summed E-state index contributed by atoms with van der Waals surface area (Å²) in [6, 6.07) is 33.8. The molecule has 0 aliphatic heterocycles. The second-order valence-corrected chi connectivity index (χ2v) is 9.64. The van der Waals surface area contributed by atoms with Crippen molar-refractivity contribution >= 4 is 17.4 Å². The highest BCUT2D eigenvalue weighted by atomic mass is 32.1. The Labute approximate surface area is 225 Å². The third kappa shape index (κ3) is 7.11. The number of halogens is 1. The van der Waals surface area contributed by atoms with Crippen LogP contribution in [0.3, 0.4) is 0 Å². The molecule has 1 amide bonds. The average Bonchev–Trinajstić information content (AvgIpc) is 3.38. The first-order chi connectivity index (χ1) is 18.6. The topological polar surface area (TPSA) is 64.1 Å². The van der Waals surface area contributed by atoms with E-state index in [-0.39, 0.29) is 24.2 Å². The van der Waals surface area contributed by atoms with E-state index < -0.39 is 0 Å². The summed E-state index contributed by atoms with van der Waals surface area (Å²) in [5.41, 5.74) is 4.05. The second kappa shape index (κ2) is 12.3. The predicted octanol–water partition coefficient (Wildman–Crippen LogP) is 6.70. The van der Waals surface area contributed by atoms with Crippen molar-refractivity contribution in [3.05, 3.63) is 143 Å². The molecule has 38 heavy (non-hydrogen) atoms. The first-order valence-electron chi connectivity index (χ1n) is 12.3. The van der Waals surface area contributed by atoms with Crippen molar-refractivity contribution in [2.45, 2.75) is 25.3 Å². The van der Waals surface area contributed by atoms with E-state index in [0.29, 0.717) is 29.6 Å². The zero-order valence-corrected chi connectivity index (χ0v) is 21.4. The lowest BCUT2D eigenvalue weighted by atomic mass is 9.98. The molecule has 0 aliphatic carbocycles. The van der Waals surface area contributed by atoms with Gasteiger partial charge in [-0.3, -0.25) is 4.79 Å². The monoisotopic (exact) mass is 523 g/mol. The summed E-state index contributed by atoms with van der Waals surface area (Å²) >= 11 is 1.17. The SMILES string of the molecule is O=C(Cc1ccc(Oc2nc(Cc3ccc(F)cc3)ns2)cc1)NC(Cc1ccccc1)c1ccccc1. The summed E-state index contributed by atoms with van der Waals surface area (Å²) in [6.45, 7) is 0. The highest BCUT2D eigenvalue weighted by molar-refractivity contribution is 7.07. The molecule has 0 aliphatic rings. The number of ether oxygens (including phenoxy) is 1. The molecular formula is C31H26FN3O2S. The number of carbonyl (C=O) groups excluding carboxylic acids is 1. The van der Waals surface area contributed by atoms with Crippen molar-refractivity contribution in [3.8, 4) is 10.9 Å². The normalized spacial score (nSPS) is 11.6. The minimum Gasteiger partial charge on any atom is -0.430 e. The van der Waals surface area contributed by atoms with E-state index >= 15 is 0 Å². The van der Waals surface area contributed by atoms with Crippen LogP contribution < -0.4 is 10.1 Å². The predicted molar refractivity (Wildman–Crippen MR) is 147 cm³/mol. The first-order valence-corrected chi connectivity index (χ1v) is 13.1. The Morgan fingerprint density at radius 1 is 0.816 bits per heavy atom. The van der Waals surface area contributed by atoms with Gasteiger partial charge in [-0.25, -0.2) is 4.39 Å². The van der Waals surface area contributed by atoms with Gasteiger partial charge in [0.2, 0.25) is 5.91 Å². The zero-order valence-electron chi connectivity index (χ0n) is 20.6. The van der Waals surface area contributed by atoms with E-state index in [1.807, 2.05) is 72.8 Å². The molecule has 4 aromatic carbocycles. The molecule has 5 rings (SSSR count). The van der Waals surface area contributed by atoms with Crippen LogP contribution in [0.25, 0.3) is 0 Å². The molecule has 190 valence electrons. The lowest BCUT2D eigenvalue weighted by molar-refractivity contribution is -0.121. The van der Waals surface area contributed by atoms with Gasteiger partial charge in [0.1, 0.15) is 11.6 Å². The standard InChI is InChI=1S/C31H26FN3O2S/c32-26-15-11-23(12-16-26)20-29-34-31(38-35-29)37-27-17-13-24(14-18-27)21-30(36)33-28(25-9-5-2-6-10-25)19-22-7-3-1-4-8-22/h1-18,28H,19-21H2,(H,33,36). The molecule has 0 radical (unpaired) electrons. The number of nitrogens with one attached hydrogen (secondary N) is 1. The number of hydrogen-bond donors (Lipinski definition) is 1. The van der Waals surface area contributed by atoms with Crippen LogP contribution in [0.2, 0.25) is 0 Å². The van der Waals surface area contributed by atoms with Gasteiger partial charge in [0.05, 0.1) is 12.5 Å². The molecule has 1 aromatic heterocycles. The molecular weight excluding hydrogens is 497 g/mol. The maximum Gasteiger partial charge on any atom is 0.298 e. The van der Waals surface area contributed by atoms with Crippen molar-refractivity contribution in [2.75, 3.05) is 0 Å². The summed E-state index contributed by atoms with van der Waals surface area (Å²) in [5.74, 6) is 0.921. The number of benzene rings is 4. The molecule has 1 N–H and O–H groups in total. The number of hydrogen-bond acceptors (Lipinski definition) is 5. The molecule has 0 saturated carbocycles. The van der Waals surface area contributed by atoms with Crippen molar-refractivity contribution < 1.29 is 13.9 Å². The molecule has 0 bridgehead atoms. The highest BCUT2D eigenvalue weighted by Crippen LogP contribution is 2.25. The molecule has 5 nitrogen and oxygen atoms in total. The second-order valence-electron chi connectivity index (χ2n) is 8.92. The Balaban J connectivity index is 1.17. The van der Waals surface area contributed by atoms with Gasteiger partial charge in [0, 0.05) is 18.0 Å². The maximum atomic E-state index is 13.1. The van der Waals surface area contributed by atoms with E-state index in [2.05, 4.69) is 26.8 Å². The molecule has 0 fully saturated rings. The Kier molecular flexibility index (Phi) is 8.16. The van der Waals surface area contributed by atoms with Crippen LogP contribution >= 0.6 is 11.5 Å². The Morgan fingerprint density at radius 2 is 1.47 bits per heavy atom. The van der Waals surface area contributed by atoms with E-state index in [1.165, 1.54) is 29.2 Å². The van der Waals surface area contributed by atoms with Crippen molar-refractivity contribution in [2.24, 2.45) is 0 Å². The lowest BCUT2D eigenvalue weighted by Gasteiger charge is -2.20. The van der Waals surface area contributed by atoms with Crippen molar-refractivity contribution in [1.29, 1.82) is 0 Å². The van der Waals surface area contributed by atoms with Crippen LogP contribution in [-0.4, -0.2) is 15.3 Å². The number of amides is 1. The van der Waals surface area contributed by atoms with Crippen molar-refractivity contribution in [1.82, 2.24) is 14.7 Å². The largest absolute Gasteiger partial charge is 0.430 e. The number of rotatable bonds is 10. The van der Waals surface area contributed by atoms with Crippen LogP contribution in [0.15, 0.2) is 109 Å². The van der Waals surface area contributed by atoms with Gasteiger partial charge >= 0.3 is 0 Å². The zero-order chi connectivity index (χ0) is 26.2. The van der Waals surface area contributed by atoms with Crippen LogP contribution in [-0.2, 0) is 24.1 Å². The van der Waals surface area contributed by atoms with Gasteiger partial charge in [-0.05, 0) is 52.9 Å². The molecule has 1 atom stereocenters. The molecule has 5 aromatic rings. The minimum atomic E-state index is -0.270. The average molecular weight is 524 g/mol. The van der Waals surface area contributed by atoms with E-state index in [0.717, 1.165) is 16.7 Å². The number of carbonyl (C=O) groups is 1. The van der Waals surface area contributed by atoms with Gasteiger partial charge < -0.3 is 10.1 Å². The van der Waals surface area contributed by atoms with E-state index in [1.54, 1.807) is 12.1 Å². The molecule has 1 unspecified atom stereocenters. The van der Waals surface area contributed by atoms with Crippen LogP contribution in [0.4, 0.5) is 4.39 Å². The Morgan fingerprint density at radius 3 is 2.18 bits per heavy atom. The Hall–Kier alpha value is -4.36. The number of nitrogens with zero attached hydrogens (tertiary/aromatic N) is 2. The van der Waals surface area contributed by atoms with Crippen molar-refractivity contribution in [3.63, 3.8) is 0 Å². The van der Waals surface area contributed by atoms with Gasteiger partial charge in [0.25, 0.3) is 5.19 Å². The summed E-state index contributed by atoms with van der Waals surface area (Å²) in [4.78, 5) is 17.4. The van der Waals surface area contributed by atoms with E-state index in [4.69, 9.17) is 4.74 Å². The molecule has 7 heteroatoms. The summed E-state index contributed by atoms with van der Waals surface area (Å²) in [6.07, 6.45) is 1.48. The van der Waals surface area contributed by atoms with Crippen LogP contribution in [0, 0.1) is 5.82 Å². The van der Waals surface area contributed by atoms with Crippen LogP contribution in [0.5, 0.6) is 10.9 Å². The highest BCUT2D eigenvalue weighted by Gasteiger charge is 2.16. The maximum absolute atomic E-state index is 13.1.